The first kappa shape index (κ1) is 14.9. The fourth-order valence-corrected chi connectivity index (χ4v) is 4.65. The minimum Gasteiger partial charge on any atom is -0.380 e. The van der Waals surface area contributed by atoms with Gasteiger partial charge in [-0.2, -0.15) is 0 Å². The standard InChI is InChI=1S/C12H18Br2N2OS/c1-17-8-3-2-4-16(7-8)10(6-15)11-5-9(13)12(14)18-11/h5,8,10H,2-4,6-7,15H2,1H3. The number of piperidine rings is 1. The SMILES string of the molecule is COC1CCCN(C(CN)c2cc(Br)c(Br)s2)C1. The molecule has 1 aromatic rings. The summed E-state index contributed by atoms with van der Waals surface area (Å²) in [7, 11) is 1.80. The van der Waals surface area contributed by atoms with Crippen molar-refractivity contribution in [2.24, 2.45) is 5.73 Å². The van der Waals surface area contributed by atoms with Crippen LogP contribution < -0.4 is 5.73 Å². The average molecular weight is 398 g/mol. The van der Waals surface area contributed by atoms with Crippen LogP contribution >= 0.6 is 43.2 Å². The molecule has 3 nitrogen and oxygen atoms in total. The van der Waals surface area contributed by atoms with Crippen LogP contribution in [0.25, 0.3) is 0 Å². The lowest BCUT2D eigenvalue weighted by molar-refractivity contribution is 0.0161. The molecular formula is C12H18Br2N2OS. The monoisotopic (exact) mass is 396 g/mol. The van der Waals surface area contributed by atoms with Crippen LogP contribution in [0, 0.1) is 0 Å². The van der Waals surface area contributed by atoms with Crippen molar-refractivity contribution < 1.29 is 4.74 Å². The van der Waals surface area contributed by atoms with Crippen molar-refractivity contribution in [3.05, 3.63) is 19.2 Å². The molecule has 1 aliphatic heterocycles. The Kier molecular flexibility index (Phi) is 5.65. The zero-order valence-electron chi connectivity index (χ0n) is 10.4. The van der Waals surface area contributed by atoms with E-state index in [2.05, 4.69) is 42.8 Å². The third-order valence-electron chi connectivity index (χ3n) is 3.40. The first-order chi connectivity index (χ1) is 8.65. The van der Waals surface area contributed by atoms with E-state index >= 15 is 0 Å². The van der Waals surface area contributed by atoms with E-state index in [1.807, 2.05) is 0 Å². The Balaban J connectivity index is 2.12. The summed E-state index contributed by atoms with van der Waals surface area (Å²) in [6, 6.07) is 2.47. The van der Waals surface area contributed by atoms with Crippen molar-refractivity contribution in [3.63, 3.8) is 0 Å². The Morgan fingerprint density at radius 2 is 2.39 bits per heavy atom. The molecule has 0 saturated carbocycles. The second kappa shape index (κ2) is 6.81. The minimum atomic E-state index is 0.301. The Bertz CT molecular complexity index is 380. The van der Waals surface area contributed by atoms with Gasteiger partial charge in [-0.1, -0.05) is 0 Å². The lowest BCUT2D eigenvalue weighted by Crippen LogP contribution is -2.43. The number of hydrogen-bond acceptors (Lipinski definition) is 4. The van der Waals surface area contributed by atoms with Crippen LogP contribution in [-0.4, -0.2) is 37.7 Å². The summed E-state index contributed by atoms with van der Waals surface area (Å²) in [5.74, 6) is 0. The number of nitrogens with two attached hydrogens (primary N) is 1. The van der Waals surface area contributed by atoms with Gasteiger partial charge in [-0.05, 0) is 57.3 Å². The van der Waals surface area contributed by atoms with Crippen molar-refractivity contribution in [1.29, 1.82) is 0 Å². The predicted molar refractivity (Wildman–Crippen MR) is 83.1 cm³/mol. The summed E-state index contributed by atoms with van der Waals surface area (Å²) in [6.45, 7) is 2.73. The maximum atomic E-state index is 5.98. The number of hydrogen-bond donors (Lipinski definition) is 1. The highest BCUT2D eigenvalue weighted by atomic mass is 79.9. The van der Waals surface area contributed by atoms with Crippen molar-refractivity contribution in [2.45, 2.75) is 25.0 Å². The summed E-state index contributed by atoms with van der Waals surface area (Å²) in [4.78, 5) is 3.76. The van der Waals surface area contributed by atoms with Crippen LogP contribution in [0.5, 0.6) is 0 Å². The van der Waals surface area contributed by atoms with E-state index in [9.17, 15) is 0 Å². The van der Waals surface area contributed by atoms with Crippen LogP contribution in [0.15, 0.2) is 14.3 Å². The molecule has 0 radical (unpaired) electrons. The molecule has 6 heteroatoms. The number of ether oxygens (including phenoxy) is 1. The maximum Gasteiger partial charge on any atom is 0.0843 e. The predicted octanol–water partition coefficient (Wildman–Crippen LogP) is 3.38. The molecule has 1 fully saturated rings. The Morgan fingerprint density at radius 3 is 2.94 bits per heavy atom. The van der Waals surface area contributed by atoms with E-state index in [1.54, 1.807) is 18.4 Å². The molecular weight excluding hydrogens is 380 g/mol. The molecule has 0 amide bonds. The van der Waals surface area contributed by atoms with Gasteiger partial charge in [-0.25, -0.2) is 0 Å². The van der Waals surface area contributed by atoms with Gasteiger partial charge in [-0.3, -0.25) is 4.90 Å². The molecule has 2 N–H and O–H groups in total. The van der Waals surface area contributed by atoms with E-state index in [4.69, 9.17) is 10.5 Å². The lowest BCUT2D eigenvalue weighted by Gasteiger charge is -2.36. The van der Waals surface area contributed by atoms with Gasteiger partial charge in [0.25, 0.3) is 0 Å². The highest BCUT2D eigenvalue weighted by Gasteiger charge is 2.27. The Labute approximate surface area is 129 Å². The van der Waals surface area contributed by atoms with Crippen LogP contribution in [0.2, 0.25) is 0 Å². The van der Waals surface area contributed by atoms with Crippen LogP contribution in [0.4, 0.5) is 0 Å². The van der Waals surface area contributed by atoms with Gasteiger partial charge >= 0.3 is 0 Å². The first-order valence-corrected chi connectivity index (χ1v) is 8.47. The third kappa shape index (κ3) is 3.35. The molecule has 2 heterocycles. The van der Waals surface area contributed by atoms with Gasteiger partial charge in [0.15, 0.2) is 0 Å². The zero-order chi connectivity index (χ0) is 13.1. The average Bonchev–Trinajstić information content (AvgIpc) is 2.70. The molecule has 1 aliphatic rings. The van der Waals surface area contributed by atoms with Crippen LogP contribution in [-0.2, 0) is 4.74 Å². The van der Waals surface area contributed by atoms with Crippen LogP contribution in [0.3, 0.4) is 0 Å². The molecule has 1 saturated heterocycles. The molecule has 2 atom stereocenters. The second-order valence-corrected chi connectivity index (χ2v) is 7.77. The van der Waals surface area contributed by atoms with Gasteiger partial charge < -0.3 is 10.5 Å². The fraction of sp³-hybridized carbons (Fsp3) is 0.667. The molecule has 2 rings (SSSR count). The molecule has 0 spiro atoms. The third-order valence-corrected chi connectivity index (χ3v) is 6.76. The van der Waals surface area contributed by atoms with E-state index in [0.29, 0.717) is 18.7 Å². The Hall–Kier alpha value is 0.540. The van der Waals surface area contributed by atoms with E-state index in [1.165, 1.54) is 11.3 Å². The van der Waals surface area contributed by atoms with Gasteiger partial charge in [0.1, 0.15) is 0 Å². The summed E-state index contributed by atoms with van der Waals surface area (Å²) >= 11 is 8.85. The molecule has 0 aromatic carbocycles. The highest BCUT2D eigenvalue weighted by molar-refractivity contribution is 9.13. The molecule has 102 valence electrons. The quantitative estimate of drug-likeness (QED) is 0.846. The maximum absolute atomic E-state index is 5.98. The number of likely N-dealkylation sites (tertiary alicyclic amines) is 1. The minimum absolute atomic E-state index is 0.301. The molecule has 0 bridgehead atoms. The van der Waals surface area contributed by atoms with Crippen molar-refractivity contribution in [1.82, 2.24) is 4.90 Å². The zero-order valence-corrected chi connectivity index (χ0v) is 14.4. The molecule has 18 heavy (non-hydrogen) atoms. The first-order valence-electron chi connectivity index (χ1n) is 6.07. The summed E-state index contributed by atoms with van der Waals surface area (Å²) in [5, 5.41) is 0. The summed E-state index contributed by atoms with van der Waals surface area (Å²) in [6.07, 6.45) is 2.69. The number of rotatable bonds is 4. The van der Waals surface area contributed by atoms with Gasteiger partial charge in [0.05, 0.1) is 15.9 Å². The molecule has 2 unspecified atom stereocenters. The topological polar surface area (TPSA) is 38.5 Å². The smallest absolute Gasteiger partial charge is 0.0843 e. The fourth-order valence-electron chi connectivity index (χ4n) is 2.41. The van der Waals surface area contributed by atoms with Crippen molar-refractivity contribution >= 4 is 43.2 Å². The number of thiophene rings is 1. The van der Waals surface area contributed by atoms with Crippen molar-refractivity contribution in [2.75, 3.05) is 26.7 Å². The number of nitrogens with zero attached hydrogens (tertiary/aromatic N) is 1. The van der Waals surface area contributed by atoms with E-state index < -0.39 is 0 Å². The van der Waals surface area contributed by atoms with E-state index in [-0.39, 0.29) is 0 Å². The van der Waals surface area contributed by atoms with Gasteiger partial charge in [-0.15, -0.1) is 11.3 Å². The lowest BCUT2D eigenvalue weighted by atomic mass is 10.0. The highest BCUT2D eigenvalue weighted by Crippen LogP contribution is 2.37. The van der Waals surface area contributed by atoms with Crippen molar-refractivity contribution in [3.8, 4) is 0 Å². The second-order valence-electron chi connectivity index (χ2n) is 4.52. The van der Waals surface area contributed by atoms with Gasteiger partial charge in [0.2, 0.25) is 0 Å². The van der Waals surface area contributed by atoms with E-state index in [0.717, 1.165) is 27.8 Å². The van der Waals surface area contributed by atoms with Crippen LogP contribution in [0.1, 0.15) is 23.8 Å². The number of halogens is 2. The normalized spacial score (nSPS) is 23.2. The summed E-state index contributed by atoms with van der Waals surface area (Å²) < 4.78 is 7.73. The molecule has 1 aromatic heterocycles. The van der Waals surface area contributed by atoms with Gasteiger partial charge in [0, 0.05) is 29.5 Å². The summed E-state index contributed by atoms with van der Waals surface area (Å²) in [5.41, 5.74) is 5.98. The molecule has 0 aliphatic carbocycles. The number of methoxy groups -OCH3 is 1. The largest absolute Gasteiger partial charge is 0.380 e. The Morgan fingerprint density at radius 1 is 1.61 bits per heavy atom.